The highest BCUT2D eigenvalue weighted by atomic mass is 16.5. The van der Waals surface area contributed by atoms with E-state index in [4.69, 9.17) is 4.74 Å². The number of fused-ring (bicyclic) bond motifs is 1. The van der Waals surface area contributed by atoms with Gasteiger partial charge in [-0.2, -0.15) is 0 Å². The van der Waals surface area contributed by atoms with E-state index in [1.165, 1.54) is 18.8 Å². The summed E-state index contributed by atoms with van der Waals surface area (Å²) in [4.78, 5) is 54.3. The Hall–Kier alpha value is -2.95. The Kier molecular flexibility index (Phi) is 8.43. The lowest BCUT2D eigenvalue weighted by molar-refractivity contribution is -0.142. The predicted molar refractivity (Wildman–Crippen MR) is 121 cm³/mol. The Morgan fingerprint density at radius 1 is 1.06 bits per heavy atom. The molecule has 182 valence electrons. The van der Waals surface area contributed by atoms with Crippen LogP contribution >= 0.6 is 0 Å². The van der Waals surface area contributed by atoms with Crippen molar-refractivity contribution < 1.29 is 19.1 Å². The number of unbranched alkanes of at least 4 members (excludes halogenated alkanes) is 1. The van der Waals surface area contributed by atoms with Crippen molar-refractivity contribution in [1.29, 1.82) is 0 Å². The Morgan fingerprint density at radius 3 is 2.42 bits per heavy atom. The molecule has 0 aromatic carbocycles. The molecule has 1 saturated heterocycles. The molecule has 0 unspecified atom stereocenters. The van der Waals surface area contributed by atoms with Crippen molar-refractivity contribution in [2.75, 3.05) is 27.3 Å². The molecule has 0 radical (unpaired) electrons. The van der Waals surface area contributed by atoms with Crippen LogP contribution in [-0.2, 0) is 45.6 Å². The van der Waals surface area contributed by atoms with E-state index in [0.29, 0.717) is 36.7 Å². The van der Waals surface area contributed by atoms with Gasteiger partial charge in [0.25, 0.3) is 5.56 Å². The van der Waals surface area contributed by atoms with E-state index in [1.807, 2.05) is 0 Å². The molecule has 2 aromatic heterocycles. The monoisotopic (exact) mass is 463 g/mol. The van der Waals surface area contributed by atoms with Gasteiger partial charge in [0.1, 0.15) is 12.4 Å². The number of ether oxygens (including phenoxy) is 2. The molecule has 0 aliphatic carbocycles. The van der Waals surface area contributed by atoms with Crippen LogP contribution in [0.15, 0.2) is 9.59 Å². The van der Waals surface area contributed by atoms with Crippen molar-refractivity contribution in [3.8, 4) is 0 Å². The number of carbonyl (C=O) groups is 2. The van der Waals surface area contributed by atoms with E-state index in [9.17, 15) is 19.2 Å². The molecule has 2 aromatic rings. The van der Waals surface area contributed by atoms with Crippen LogP contribution in [0.25, 0.3) is 11.2 Å². The van der Waals surface area contributed by atoms with E-state index in [-0.39, 0.29) is 31.0 Å². The van der Waals surface area contributed by atoms with Gasteiger partial charge < -0.3 is 19.4 Å². The molecule has 0 saturated carbocycles. The van der Waals surface area contributed by atoms with Crippen LogP contribution in [-0.4, -0.2) is 57.9 Å². The Bertz CT molecular complexity index is 1110. The molecule has 0 spiro atoms. The number of nitrogens with zero attached hydrogens (tertiary/aromatic N) is 4. The van der Waals surface area contributed by atoms with Crippen LogP contribution < -0.4 is 16.6 Å². The Morgan fingerprint density at radius 2 is 1.76 bits per heavy atom. The van der Waals surface area contributed by atoms with Gasteiger partial charge in [-0.1, -0.05) is 0 Å². The lowest BCUT2D eigenvalue weighted by atomic mass is 9.93. The number of nitrogens with one attached hydrogen (secondary N) is 1. The zero-order valence-electron chi connectivity index (χ0n) is 19.6. The van der Waals surface area contributed by atoms with E-state index >= 15 is 0 Å². The summed E-state index contributed by atoms with van der Waals surface area (Å²) >= 11 is 0. The normalized spacial score (nSPS) is 14.5. The average molecular weight is 464 g/mol. The van der Waals surface area contributed by atoms with E-state index < -0.39 is 17.2 Å². The zero-order valence-corrected chi connectivity index (χ0v) is 19.6. The van der Waals surface area contributed by atoms with E-state index in [1.54, 1.807) is 11.6 Å². The fourth-order valence-electron chi connectivity index (χ4n) is 4.34. The van der Waals surface area contributed by atoms with E-state index in [0.717, 1.165) is 36.9 Å². The summed E-state index contributed by atoms with van der Waals surface area (Å²) in [5.74, 6) is 0.368. The predicted octanol–water partition coefficient (Wildman–Crippen LogP) is 0.345. The second-order valence-corrected chi connectivity index (χ2v) is 8.43. The van der Waals surface area contributed by atoms with Gasteiger partial charge in [0.15, 0.2) is 11.2 Å². The Labute approximate surface area is 191 Å². The Balaban J connectivity index is 1.94. The van der Waals surface area contributed by atoms with Crippen LogP contribution in [0.3, 0.4) is 0 Å². The number of esters is 2. The summed E-state index contributed by atoms with van der Waals surface area (Å²) in [7, 11) is 4.33. The summed E-state index contributed by atoms with van der Waals surface area (Å²) in [6, 6.07) is 0. The fraction of sp³-hybridized carbons (Fsp3) is 0.682. The molecule has 1 aliphatic rings. The number of aromatic nitrogens is 4. The number of imidazole rings is 1. The van der Waals surface area contributed by atoms with Gasteiger partial charge in [-0.3, -0.25) is 23.5 Å². The molecule has 0 bridgehead atoms. The number of carbonyl (C=O) groups excluding carboxylic acids is 2. The maximum absolute atomic E-state index is 13.2. The summed E-state index contributed by atoms with van der Waals surface area (Å²) < 4.78 is 13.5. The first-order valence-electron chi connectivity index (χ1n) is 11.4. The van der Waals surface area contributed by atoms with Crippen LogP contribution in [0.2, 0.25) is 0 Å². The first-order chi connectivity index (χ1) is 15.9. The number of rotatable bonds is 10. The highest BCUT2D eigenvalue weighted by molar-refractivity contribution is 5.75. The third-order valence-corrected chi connectivity index (χ3v) is 6.31. The number of hydrogen-bond donors (Lipinski definition) is 1. The first kappa shape index (κ1) is 24.7. The second-order valence-electron chi connectivity index (χ2n) is 8.43. The fourth-order valence-corrected chi connectivity index (χ4v) is 4.34. The second kappa shape index (κ2) is 11.3. The molecule has 11 heteroatoms. The standard InChI is InChI=1S/C22H33N5O6/c1-25-16(8-7-15-9-11-23-12-10-15)24-19-20(25)27(14-18(29)33-3)22(31)26(21(19)30)13-5-4-6-17(28)32-2/h15,23H,4-14H2,1-3H3. The molecule has 1 fully saturated rings. The first-order valence-corrected chi connectivity index (χ1v) is 11.4. The number of hydrogen-bond acceptors (Lipinski definition) is 8. The van der Waals surface area contributed by atoms with Gasteiger partial charge >= 0.3 is 17.6 Å². The van der Waals surface area contributed by atoms with Gasteiger partial charge in [0.2, 0.25) is 0 Å². The van der Waals surface area contributed by atoms with E-state index in [2.05, 4.69) is 15.0 Å². The van der Waals surface area contributed by atoms with Gasteiger partial charge in [-0.05, 0) is 51.1 Å². The van der Waals surface area contributed by atoms with Gasteiger partial charge in [0.05, 0.1) is 14.2 Å². The number of methoxy groups -OCH3 is 2. The van der Waals surface area contributed by atoms with Crippen molar-refractivity contribution >= 4 is 23.1 Å². The van der Waals surface area contributed by atoms with Gasteiger partial charge in [-0.25, -0.2) is 9.78 Å². The van der Waals surface area contributed by atoms with Gasteiger partial charge in [0, 0.05) is 26.4 Å². The third kappa shape index (κ3) is 5.70. The molecule has 1 aliphatic heterocycles. The average Bonchev–Trinajstić information content (AvgIpc) is 3.16. The molecule has 0 amide bonds. The zero-order chi connectivity index (χ0) is 24.0. The maximum atomic E-state index is 13.2. The maximum Gasteiger partial charge on any atom is 0.333 e. The number of piperidine rings is 1. The minimum Gasteiger partial charge on any atom is -0.469 e. The summed E-state index contributed by atoms with van der Waals surface area (Å²) in [5, 5.41) is 3.35. The summed E-state index contributed by atoms with van der Waals surface area (Å²) in [6.07, 6.45) is 4.95. The summed E-state index contributed by atoms with van der Waals surface area (Å²) in [5.41, 5.74) is -0.599. The van der Waals surface area contributed by atoms with Crippen molar-refractivity contribution in [2.24, 2.45) is 13.0 Å². The van der Waals surface area contributed by atoms with Crippen molar-refractivity contribution in [3.05, 3.63) is 26.7 Å². The third-order valence-electron chi connectivity index (χ3n) is 6.31. The topological polar surface area (TPSA) is 126 Å². The lowest BCUT2D eigenvalue weighted by Gasteiger charge is -2.22. The lowest BCUT2D eigenvalue weighted by Crippen LogP contribution is -2.41. The van der Waals surface area contributed by atoms with Crippen LogP contribution in [0.5, 0.6) is 0 Å². The highest BCUT2D eigenvalue weighted by Gasteiger charge is 2.22. The molecule has 1 N–H and O–H groups in total. The van der Waals surface area contributed by atoms with Crippen molar-refractivity contribution in [2.45, 2.75) is 58.0 Å². The highest BCUT2D eigenvalue weighted by Crippen LogP contribution is 2.20. The van der Waals surface area contributed by atoms with Gasteiger partial charge in [-0.15, -0.1) is 0 Å². The smallest absolute Gasteiger partial charge is 0.333 e. The SMILES string of the molecule is COC(=O)CCCCn1c(=O)c2nc(CCC3CCNCC3)n(C)c2n(CC(=O)OC)c1=O. The number of aryl methyl sites for hydroxylation is 2. The molecule has 33 heavy (non-hydrogen) atoms. The largest absolute Gasteiger partial charge is 0.469 e. The molecule has 3 heterocycles. The minimum absolute atomic E-state index is 0.118. The van der Waals surface area contributed by atoms with Crippen molar-refractivity contribution in [1.82, 2.24) is 24.0 Å². The molecule has 3 rings (SSSR count). The van der Waals surface area contributed by atoms with Crippen LogP contribution in [0, 0.1) is 5.92 Å². The summed E-state index contributed by atoms with van der Waals surface area (Å²) in [6.45, 7) is 1.81. The van der Waals surface area contributed by atoms with Crippen LogP contribution in [0.4, 0.5) is 0 Å². The quantitative estimate of drug-likeness (QED) is 0.395. The van der Waals surface area contributed by atoms with Crippen LogP contribution in [0.1, 0.15) is 44.3 Å². The molecule has 0 atom stereocenters. The minimum atomic E-state index is -0.594. The molecule has 11 nitrogen and oxygen atoms in total. The molecular weight excluding hydrogens is 430 g/mol. The molecular formula is C22H33N5O6. The van der Waals surface area contributed by atoms with Crippen molar-refractivity contribution in [3.63, 3.8) is 0 Å².